The van der Waals surface area contributed by atoms with E-state index < -0.39 is 17.8 Å². The molecule has 0 aliphatic carbocycles. The van der Waals surface area contributed by atoms with Gasteiger partial charge in [0.25, 0.3) is 5.92 Å². The largest absolute Gasteiger partial charge is 0.398 e. The lowest BCUT2D eigenvalue weighted by Gasteiger charge is -2.30. The van der Waals surface area contributed by atoms with Gasteiger partial charge in [-0.15, -0.1) is 0 Å². The highest BCUT2D eigenvalue weighted by Crippen LogP contribution is 2.48. The van der Waals surface area contributed by atoms with Crippen molar-refractivity contribution >= 4 is 17.6 Å². The van der Waals surface area contributed by atoms with Gasteiger partial charge in [0, 0.05) is 16.9 Å². The fourth-order valence-corrected chi connectivity index (χ4v) is 3.62. The molecule has 0 spiro atoms. The number of nitrogens with two attached hydrogens (primary N) is 1. The van der Waals surface area contributed by atoms with Gasteiger partial charge in [0.1, 0.15) is 5.82 Å². The van der Waals surface area contributed by atoms with E-state index in [1.54, 1.807) is 4.31 Å². The van der Waals surface area contributed by atoms with E-state index in [2.05, 4.69) is 0 Å². The van der Waals surface area contributed by atoms with E-state index in [-0.39, 0.29) is 23.4 Å². The van der Waals surface area contributed by atoms with Crippen LogP contribution in [0.4, 0.5) is 18.9 Å². The first-order valence-electron chi connectivity index (χ1n) is 6.46. The van der Waals surface area contributed by atoms with Crippen LogP contribution in [-0.4, -0.2) is 21.5 Å². The maximum atomic E-state index is 13.7. The molecule has 6 heteroatoms. The zero-order valence-corrected chi connectivity index (χ0v) is 12.6. The summed E-state index contributed by atoms with van der Waals surface area (Å²) < 4.78 is 42.1. The van der Waals surface area contributed by atoms with Gasteiger partial charge in [-0.3, -0.25) is 0 Å². The first-order valence-corrected chi connectivity index (χ1v) is 7.23. The van der Waals surface area contributed by atoms with Crippen molar-refractivity contribution in [2.24, 2.45) is 0 Å². The summed E-state index contributed by atoms with van der Waals surface area (Å²) in [5, 5.41) is 0. The fraction of sp³-hybridized carbons (Fsp3) is 0.571. The minimum Gasteiger partial charge on any atom is -0.398 e. The van der Waals surface area contributed by atoms with Crippen LogP contribution in [0.5, 0.6) is 0 Å². The molecule has 0 unspecified atom stereocenters. The highest BCUT2D eigenvalue weighted by atomic mass is 32.2. The average molecular weight is 304 g/mol. The van der Waals surface area contributed by atoms with Crippen molar-refractivity contribution in [1.82, 2.24) is 4.31 Å². The second-order valence-corrected chi connectivity index (χ2v) is 8.00. The number of hydrogen-bond donors (Lipinski definition) is 1. The summed E-state index contributed by atoms with van der Waals surface area (Å²) in [5.41, 5.74) is 6.59. The molecule has 2 N–H and O–H groups in total. The van der Waals surface area contributed by atoms with E-state index in [9.17, 15) is 13.2 Å². The first kappa shape index (κ1) is 15.5. The SMILES string of the molecule is CC(C)(C)SN1CC(F)(F)C[C@@H]1c1ccc(F)cc1N. The summed E-state index contributed by atoms with van der Waals surface area (Å²) in [6.07, 6.45) is -0.286. The summed E-state index contributed by atoms with van der Waals surface area (Å²) in [6, 6.07) is 3.47. The van der Waals surface area contributed by atoms with Crippen LogP contribution in [0.25, 0.3) is 0 Å². The molecule has 1 atom stereocenters. The molecule has 1 aliphatic heterocycles. The van der Waals surface area contributed by atoms with E-state index in [4.69, 9.17) is 5.73 Å². The quantitative estimate of drug-likeness (QED) is 0.654. The highest BCUT2D eigenvalue weighted by molar-refractivity contribution is 7.98. The van der Waals surface area contributed by atoms with Gasteiger partial charge in [0.2, 0.25) is 0 Å². The molecule has 0 radical (unpaired) electrons. The Morgan fingerprint density at radius 1 is 1.35 bits per heavy atom. The Kier molecular flexibility index (Phi) is 3.99. The van der Waals surface area contributed by atoms with Crippen LogP contribution >= 0.6 is 11.9 Å². The summed E-state index contributed by atoms with van der Waals surface area (Å²) in [6.45, 7) is 5.61. The van der Waals surface area contributed by atoms with Crippen LogP contribution in [0.3, 0.4) is 0 Å². The van der Waals surface area contributed by atoms with Crippen molar-refractivity contribution in [1.29, 1.82) is 0 Å². The molecule has 0 aromatic heterocycles. The summed E-state index contributed by atoms with van der Waals surface area (Å²) in [5.74, 6) is -3.20. The van der Waals surface area contributed by atoms with Crippen molar-refractivity contribution in [3.63, 3.8) is 0 Å². The normalized spacial score (nSPS) is 23.2. The van der Waals surface area contributed by atoms with Gasteiger partial charge in [-0.05, 0) is 38.5 Å². The van der Waals surface area contributed by atoms with Crippen LogP contribution in [-0.2, 0) is 0 Å². The molecule has 112 valence electrons. The maximum Gasteiger partial charge on any atom is 0.263 e. The topological polar surface area (TPSA) is 29.3 Å². The standard InChI is InChI=1S/C14H19F3N2S/c1-13(2,3)20-19-8-14(16,17)7-12(19)10-5-4-9(15)6-11(10)18/h4-6,12H,7-8,18H2,1-3H3/t12-/m1/s1. The van der Waals surface area contributed by atoms with Crippen molar-refractivity contribution in [2.45, 2.75) is 43.9 Å². The number of hydrogen-bond acceptors (Lipinski definition) is 3. The molecule has 1 fully saturated rings. The second-order valence-electron chi connectivity index (χ2n) is 6.13. The molecule has 0 amide bonds. The zero-order valence-electron chi connectivity index (χ0n) is 11.8. The Balaban J connectivity index is 2.31. The number of halogens is 3. The first-order chi connectivity index (χ1) is 9.07. The van der Waals surface area contributed by atoms with Gasteiger partial charge in [0.05, 0.1) is 12.6 Å². The lowest BCUT2D eigenvalue weighted by atomic mass is 10.0. The number of rotatable bonds is 2. The predicted molar refractivity (Wildman–Crippen MR) is 77.2 cm³/mol. The minimum absolute atomic E-state index is 0.173. The maximum absolute atomic E-state index is 13.7. The molecule has 0 saturated carbocycles. The van der Waals surface area contributed by atoms with E-state index in [0.717, 1.165) is 0 Å². The molecule has 0 bridgehead atoms. The zero-order chi connectivity index (χ0) is 15.1. The molecule has 20 heavy (non-hydrogen) atoms. The van der Waals surface area contributed by atoms with E-state index in [1.807, 2.05) is 20.8 Å². The number of alkyl halides is 2. The van der Waals surface area contributed by atoms with Crippen LogP contribution in [0.2, 0.25) is 0 Å². The Labute approximate surface area is 121 Å². The van der Waals surface area contributed by atoms with Crippen LogP contribution in [0.1, 0.15) is 38.8 Å². The second kappa shape index (κ2) is 5.15. The third-order valence-corrected chi connectivity index (χ3v) is 4.19. The van der Waals surface area contributed by atoms with Gasteiger partial charge >= 0.3 is 0 Å². The summed E-state index contributed by atoms with van der Waals surface area (Å²) in [7, 11) is 0. The molecule has 1 aromatic carbocycles. The number of benzene rings is 1. The Hall–Kier alpha value is -0.880. The van der Waals surface area contributed by atoms with Crippen molar-refractivity contribution in [3.8, 4) is 0 Å². The number of nitrogen functional groups attached to an aromatic ring is 1. The molecule has 1 aliphatic rings. The average Bonchev–Trinajstić information content (AvgIpc) is 2.50. The van der Waals surface area contributed by atoms with Crippen molar-refractivity contribution < 1.29 is 13.2 Å². The third-order valence-electron chi connectivity index (χ3n) is 3.03. The summed E-state index contributed by atoms with van der Waals surface area (Å²) in [4.78, 5) is 0. The smallest absolute Gasteiger partial charge is 0.263 e. The molecule has 2 nitrogen and oxygen atoms in total. The molecule has 2 rings (SSSR count). The highest BCUT2D eigenvalue weighted by Gasteiger charge is 2.47. The molecular weight excluding hydrogens is 285 g/mol. The summed E-state index contributed by atoms with van der Waals surface area (Å²) >= 11 is 1.39. The molecular formula is C14H19F3N2S. The van der Waals surface area contributed by atoms with Crippen LogP contribution in [0, 0.1) is 5.82 Å². The number of nitrogens with zero attached hydrogens (tertiary/aromatic N) is 1. The lowest BCUT2D eigenvalue weighted by molar-refractivity contribution is 0.0176. The van der Waals surface area contributed by atoms with Crippen molar-refractivity contribution in [3.05, 3.63) is 29.6 Å². The molecule has 1 heterocycles. The third kappa shape index (κ3) is 3.61. The van der Waals surface area contributed by atoms with Crippen LogP contribution < -0.4 is 5.73 Å². The Morgan fingerprint density at radius 3 is 2.55 bits per heavy atom. The fourth-order valence-electron chi connectivity index (χ4n) is 2.35. The van der Waals surface area contributed by atoms with Gasteiger partial charge < -0.3 is 5.73 Å². The Bertz CT molecular complexity index is 500. The monoisotopic (exact) mass is 304 g/mol. The minimum atomic E-state index is -2.75. The van der Waals surface area contributed by atoms with E-state index in [1.165, 1.54) is 30.1 Å². The lowest BCUT2D eigenvalue weighted by Crippen LogP contribution is -2.26. The molecule has 1 saturated heterocycles. The van der Waals surface area contributed by atoms with Crippen LogP contribution in [0.15, 0.2) is 18.2 Å². The van der Waals surface area contributed by atoms with Gasteiger partial charge in [-0.1, -0.05) is 18.0 Å². The number of anilines is 1. The van der Waals surface area contributed by atoms with E-state index in [0.29, 0.717) is 5.56 Å². The predicted octanol–water partition coefficient (Wildman–Crippen LogP) is 4.24. The molecule has 1 aromatic rings. The van der Waals surface area contributed by atoms with Gasteiger partial charge in [-0.25, -0.2) is 17.5 Å². The van der Waals surface area contributed by atoms with Gasteiger partial charge in [0.15, 0.2) is 0 Å². The van der Waals surface area contributed by atoms with Crippen molar-refractivity contribution in [2.75, 3.05) is 12.3 Å². The van der Waals surface area contributed by atoms with E-state index >= 15 is 0 Å². The van der Waals surface area contributed by atoms with Gasteiger partial charge in [-0.2, -0.15) is 0 Å². The Morgan fingerprint density at radius 2 is 2.00 bits per heavy atom.